The summed E-state index contributed by atoms with van der Waals surface area (Å²) in [5.41, 5.74) is 1.99. The van der Waals surface area contributed by atoms with E-state index < -0.39 is 12.5 Å². The van der Waals surface area contributed by atoms with Gasteiger partial charge in [-0.3, -0.25) is 4.79 Å². The van der Waals surface area contributed by atoms with Crippen molar-refractivity contribution in [2.45, 2.75) is 33.4 Å². The average Bonchev–Trinajstić information content (AvgIpc) is 2.99. The molecular formula is C18H17ClF2N4O2. The van der Waals surface area contributed by atoms with E-state index in [9.17, 15) is 13.6 Å². The molecule has 3 rings (SSSR count). The summed E-state index contributed by atoms with van der Waals surface area (Å²) in [4.78, 5) is 17.1. The van der Waals surface area contributed by atoms with Crippen molar-refractivity contribution in [3.8, 4) is 5.75 Å². The Bertz CT molecular complexity index is 1000. The van der Waals surface area contributed by atoms with E-state index in [-0.39, 0.29) is 16.8 Å². The van der Waals surface area contributed by atoms with Gasteiger partial charge in [-0.15, -0.1) is 0 Å². The van der Waals surface area contributed by atoms with Crippen LogP contribution in [-0.4, -0.2) is 27.3 Å². The van der Waals surface area contributed by atoms with E-state index in [0.29, 0.717) is 22.6 Å². The Morgan fingerprint density at radius 1 is 1.30 bits per heavy atom. The fourth-order valence-corrected chi connectivity index (χ4v) is 2.87. The molecule has 142 valence electrons. The Morgan fingerprint density at radius 2 is 2.04 bits per heavy atom. The number of carbonyl (C=O) groups is 1. The van der Waals surface area contributed by atoms with Gasteiger partial charge >= 0.3 is 6.61 Å². The van der Waals surface area contributed by atoms with Crippen molar-refractivity contribution in [3.63, 3.8) is 0 Å². The number of fused-ring (bicyclic) bond motifs is 1. The van der Waals surface area contributed by atoms with Gasteiger partial charge in [-0.25, -0.2) is 9.67 Å². The molecule has 0 aliphatic heterocycles. The third-order valence-electron chi connectivity index (χ3n) is 3.90. The Hall–Kier alpha value is -2.74. The molecule has 0 fully saturated rings. The molecule has 6 nitrogen and oxygen atoms in total. The molecule has 1 aromatic carbocycles. The Labute approximate surface area is 159 Å². The number of amides is 1. The summed E-state index contributed by atoms with van der Waals surface area (Å²) in [5.74, 6) is -0.553. The van der Waals surface area contributed by atoms with Crippen molar-refractivity contribution in [2.75, 3.05) is 5.32 Å². The van der Waals surface area contributed by atoms with Crippen molar-refractivity contribution in [1.29, 1.82) is 0 Å². The quantitative estimate of drug-likeness (QED) is 0.673. The number of aryl methyl sites for hydroxylation is 1. The largest absolute Gasteiger partial charge is 0.433 e. The first-order valence-corrected chi connectivity index (χ1v) is 8.54. The van der Waals surface area contributed by atoms with Crippen LogP contribution in [0.1, 0.15) is 35.9 Å². The zero-order valence-corrected chi connectivity index (χ0v) is 15.6. The summed E-state index contributed by atoms with van der Waals surface area (Å²) in [6, 6.07) is 5.90. The number of halogens is 3. The highest BCUT2D eigenvalue weighted by molar-refractivity contribution is 6.32. The fraction of sp³-hybridized carbons (Fsp3) is 0.278. The second-order valence-corrected chi connectivity index (χ2v) is 6.60. The van der Waals surface area contributed by atoms with Crippen molar-refractivity contribution in [1.82, 2.24) is 14.8 Å². The number of hydrogen-bond donors (Lipinski definition) is 1. The molecule has 0 saturated carbocycles. The zero-order valence-electron chi connectivity index (χ0n) is 14.8. The molecule has 1 N–H and O–H groups in total. The van der Waals surface area contributed by atoms with Crippen molar-refractivity contribution in [3.05, 3.63) is 46.7 Å². The summed E-state index contributed by atoms with van der Waals surface area (Å²) in [6.45, 7) is 2.75. The van der Waals surface area contributed by atoms with Gasteiger partial charge in [-0.2, -0.15) is 13.9 Å². The van der Waals surface area contributed by atoms with E-state index in [1.165, 1.54) is 18.2 Å². The van der Waals surface area contributed by atoms with Gasteiger partial charge in [0.2, 0.25) is 0 Å². The number of anilines is 1. The Kier molecular flexibility index (Phi) is 5.27. The second kappa shape index (κ2) is 7.48. The summed E-state index contributed by atoms with van der Waals surface area (Å²) < 4.78 is 30.6. The van der Waals surface area contributed by atoms with Crippen molar-refractivity contribution in [2.24, 2.45) is 0 Å². The van der Waals surface area contributed by atoms with E-state index in [1.54, 1.807) is 23.9 Å². The van der Waals surface area contributed by atoms with Crippen LogP contribution in [0.3, 0.4) is 0 Å². The lowest BCUT2D eigenvalue weighted by atomic mass is 10.1. The lowest BCUT2D eigenvalue weighted by Gasteiger charge is -2.11. The van der Waals surface area contributed by atoms with Crippen LogP contribution in [0.15, 0.2) is 30.5 Å². The smallest absolute Gasteiger partial charge is 0.387 e. The maximum absolute atomic E-state index is 12.6. The van der Waals surface area contributed by atoms with Gasteiger partial charge in [0.1, 0.15) is 5.75 Å². The highest BCUT2D eigenvalue weighted by Crippen LogP contribution is 2.29. The summed E-state index contributed by atoms with van der Waals surface area (Å²) in [5, 5.41) is 7.69. The van der Waals surface area contributed by atoms with Gasteiger partial charge in [0, 0.05) is 17.1 Å². The number of nitrogens with one attached hydrogen (secondary N) is 1. The highest BCUT2D eigenvalue weighted by Gasteiger charge is 2.16. The second-order valence-electron chi connectivity index (χ2n) is 6.19. The van der Waals surface area contributed by atoms with E-state index in [1.807, 2.05) is 13.8 Å². The molecule has 27 heavy (non-hydrogen) atoms. The molecule has 0 bridgehead atoms. The maximum Gasteiger partial charge on any atom is 0.387 e. The SMILES string of the molecule is Cc1nc2c(cnn2C(C)C)cc1C(=O)Nc1ccc(OC(F)F)c(Cl)c1. The monoisotopic (exact) mass is 394 g/mol. The molecule has 0 spiro atoms. The molecule has 0 unspecified atom stereocenters. The molecule has 0 aliphatic rings. The van der Waals surface area contributed by atoms with E-state index in [4.69, 9.17) is 11.6 Å². The first-order chi connectivity index (χ1) is 12.8. The molecule has 0 atom stereocenters. The number of nitrogens with zero attached hydrogens (tertiary/aromatic N) is 3. The normalized spacial score (nSPS) is 11.4. The minimum Gasteiger partial charge on any atom is -0.433 e. The van der Waals surface area contributed by atoms with Crippen LogP contribution in [0.25, 0.3) is 11.0 Å². The Morgan fingerprint density at radius 3 is 2.67 bits per heavy atom. The number of alkyl halides is 2. The summed E-state index contributed by atoms with van der Waals surface area (Å²) in [6.07, 6.45) is 1.66. The zero-order chi connectivity index (χ0) is 19.7. The lowest BCUT2D eigenvalue weighted by molar-refractivity contribution is -0.0497. The molecule has 9 heteroatoms. The molecule has 1 amide bonds. The van der Waals surface area contributed by atoms with Crippen LogP contribution in [0.5, 0.6) is 5.75 Å². The number of rotatable bonds is 5. The van der Waals surface area contributed by atoms with Gasteiger partial charge in [0.05, 0.1) is 22.5 Å². The number of carbonyl (C=O) groups excluding carboxylic acids is 1. The summed E-state index contributed by atoms with van der Waals surface area (Å²) >= 11 is 5.91. The highest BCUT2D eigenvalue weighted by atomic mass is 35.5. The molecule has 2 heterocycles. The topological polar surface area (TPSA) is 69.0 Å². The van der Waals surface area contributed by atoms with Gasteiger partial charge in [0.15, 0.2) is 5.65 Å². The number of ether oxygens (including phenoxy) is 1. The molecular weight excluding hydrogens is 378 g/mol. The van der Waals surface area contributed by atoms with Crippen LogP contribution in [0.4, 0.5) is 14.5 Å². The first-order valence-electron chi connectivity index (χ1n) is 8.17. The van der Waals surface area contributed by atoms with Crippen LogP contribution < -0.4 is 10.1 Å². The predicted molar refractivity (Wildman–Crippen MR) is 98.7 cm³/mol. The standard InChI is InChI=1S/C18H17ClF2N4O2/c1-9(2)25-16-11(8-22-25)6-13(10(3)23-16)17(26)24-12-4-5-15(14(19)7-12)27-18(20)21/h4-9,18H,1-3H3,(H,24,26). The van der Waals surface area contributed by atoms with Gasteiger partial charge in [0.25, 0.3) is 5.91 Å². The predicted octanol–water partition coefficient (Wildman–Crippen LogP) is 4.83. The van der Waals surface area contributed by atoms with Crippen molar-refractivity contribution >= 4 is 34.2 Å². The fourth-order valence-electron chi connectivity index (χ4n) is 2.64. The minimum absolute atomic E-state index is 0.0309. The Balaban J connectivity index is 1.86. The lowest BCUT2D eigenvalue weighted by Crippen LogP contribution is -2.15. The van der Waals surface area contributed by atoms with Crippen LogP contribution in [0.2, 0.25) is 5.02 Å². The molecule has 2 aromatic heterocycles. The van der Waals surface area contributed by atoms with E-state index in [2.05, 4.69) is 20.1 Å². The first kappa shape index (κ1) is 19.0. The van der Waals surface area contributed by atoms with Gasteiger partial charge < -0.3 is 10.1 Å². The number of benzene rings is 1. The minimum atomic E-state index is -2.98. The number of pyridine rings is 1. The van der Waals surface area contributed by atoms with Crippen LogP contribution in [-0.2, 0) is 0 Å². The van der Waals surface area contributed by atoms with Gasteiger partial charge in [-0.1, -0.05) is 11.6 Å². The third kappa shape index (κ3) is 4.00. The number of hydrogen-bond acceptors (Lipinski definition) is 4. The van der Waals surface area contributed by atoms with Gasteiger partial charge in [-0.05, 0) is 45.0 Å². The maximum atomic E-state index is 12.6. The van der Waals surface area contributed by atoms with E-state index in [0.717, 1.165) is 5.39 Å². The number of aromatic nitrogens is 3. The van der Waals surface area contributed by atoms with E-state index >= 15 is 0 Å². The summed E-state index contributed by atoms with van der Waals surface area (Å²) in [7, 11) is 0. The molecule has 0 aliphatic carbocycles. The third-order valence-corrected chi connectivity index (χ3v) is 4.19. The van der Waals surface area contributed by atoms with Crippen molar-refractivity contribution < 1.29 is 18.3 Å². The van der Waals surface area contributed by atoms with Crippen LogP contribution >= 0.6 is 11.6 Å². The molecule has 0 radical (unpaired) electrons. The average molecular weight is 395 g/mol. The molecule has 3 aromatic rings. The van der Waals surface area contributed by atoms with Crippen LogP contribution in [0, 0.1) is 6.92 Å². The molecule has 0 saturated heterocycles.